The number of nitrogens with two attached hydrogens (primary N) is 1. The number of nitrogens with one attached hydrogen (secondary N) is 1. The molecule has 6 nitrogen and oxygen atoms in total. The number of rotatable bonds is 11. The van der Waals surface area contributed by atoms with Gasteiger partial charge in [-0.15, -0.1) is 0 Å². The van der Waals surface area contributed by atoms with Crippen molar-refractivity contribution in [1.82, 2.24) is 10.2 Å². The normalized spacial score (nSPS) is 16.6. The van der Waals surface area contributed by atoms with Crippen LogP contribution in [0.15, 0.2) is 0 Å². The summed E-state index contributed by atoms with van der Waals surface area (Å²) in [5.41, 5.74) is 5.81. The van der Waals surface area contributed by atoms with Crippen LogP contribution >= 0.6 is 0 Å². The number of amides is 1. The van der Waals surface area contributed by atoms with Crippen LogP contribution in [0.2, 0.25) is 0 Å². The van der Waals surface area contributed by atoms with Crippen LogP contribution in [-0.2, 0) is 14.3 Å². The first kappa shape index (κ1) is 16.4. The Bertz CT molecular complexity index is 252. The molecule has 112 valence electrons. The summed E-state index contributed by atoms with van der Waals surface area (Å²) in [6.07, 6.45) is 2.66. The highest BCUT2D eigenvalue weighted by atomic mass is 16.5. The molecule has 19 heavy (non-hydrogen) atoms. The molecule has 3 N–H and O–H groups in total. The minimum absolute atomic E-state index is 0.0454. The highest BCUT2D eigenvalue weighted by molar-refractivity contribution is 5.77. The standard InChI is InChI=1S/C13H27N3O3/c1-18-7-5-16(6-8-19-2)12(10-14)9-13(17)15-11-3-4-11/h11-12H,3-10,14H2,1-2H3,(H,15,17). The Morgan fingerprint density at radius 3 is 2.32 bits per heavy atom. The number of ether oxygens (including phenoxy) is 2. The van der Waals surface area contributed by atoms with Gasteiger partial charge in [0.2, 0.25) is 5.91 Å². The van der Waals surface area contributed by atoms with Gasteiger partial charge in [0.05, 0.1) is 13.2 Å². The van der Waals surface area contributed by atoms with E-state index in [0.717, 1.165) is 25.9 Å². The quantitative estimate of drug-likeness (QED) is 0.534. The Balaban J connectivity index is 2.41. The SMILES string of the molecule is COCCN(CCOC)C(CN)CC(=O)NC1CC1. The Hall–Kier alpha value is -0.690. The van der Waals surface area contributed by atoms with E-state index in [0.29, 0.717) is 32.2 Å². The van der Waals surface area contributed by atoms with E-state index in [4.69, 9.17) is 15.2 Å². The van der Waals surface area contributed by atoms with E-state index in [1.54, 1.807) is 14.2 Å². The van der Waals surface area contributed by atoms with E-state index in [9.17, 15) is 4.79 Å². The van der Waals surface area contributed by atoms with Crippen LogP contribution in [0.25, 0.3) is 0 Å². The zero-order valence-corrected chi connectivity index (χ0v) is 12.1. The minimum atomic E-state index is 0.0454. The average molecular weight is 273 g/mol. The number of carbonyl (C=O) groups excluding carboxylic acids is 1. The van der Waals surface area contributed by atoms with E-state index < -0.39 is 0 Å². The highest BCUT2D eigenvalue weighted by Gasteiger charge is 2.26. The van der Waals surface area contributed by atoms with Crippen LogP contribution in [0.3, 0.4) is 0 Å². The highest BCUT2D eigenvalue weighted by Crippen LogP contribution is 2.19. The van der Waals surface area contributed by atoms with Crippen molar-refractivity contribution < 1.29 is 14.3 Å². The second kappa shape index (κ2) is 9.25. The van der Waals surface area contributed by atoms with E-state index in [2.05, 4.69) is 10.2 Å². The Morgan fingerprint density at radius 2 is 1.89 bits per heavy atom. The van der Waals surface area contributed by atoms with Crippen molar-refractivity contribution in [3.8, 4) is 0 Å². The number of methoxy groups -OCH3 is 2. The van der Waals surface area contributed by atoms with Crippen molar-refractivity contribution in [2.24, 2.45) is 5.73 Å². The van der Waals surface area contributed by atoms with Gasteiger partial charge in [-0.1, -0.05) is 0 Å². The molecular formula is C13H27N3O3. The second-order valence-electron chi connectivity index (χ2n) is 4.96. The lowest BCUT2D eigenvalue weighted by Crippen LogP contribution is -2.46. The van der Waals surface area contributed by atoms with Gasteiger partial charge < -0.3 is 20.5 Å². The lowest BCUT2D eigenvalue weighted by atomic mass is 10.1. The van der Waals surface area contributed by atoms with Crippen LogP contribution in [-0.4, -0.2) is 70.0 Å². The monoisotopic (exact) mass is 273 g/mol. The molecule has 1 unspecified atom stereocenters. The predicted molar refractivity (Wildman–Crippen MR) is 73.9 cm³/mol. The summed E-state index contributed by atoms with van der Waals surface area (Å²) in [5.74, 6) is 0.0952. The molecule has 0 saturated heterocycles. The fraction of sp³-hybridized carbons (Fsp3) is 0.923. The molecule has 1 atom stereocenters. The maximum absolute atomic E-state index is 11.9. The molecule has 0 spiro atoms. The number of hydrogen-bond acceptors (Lipinski definition) is 5. The third-order valence-corrected chi connectivity index (χ3v) is 3.32. The maximum Gasteiger partial charge on any atom is 0.221 e. The van der Waals surface area contributed by atoms with Gasteiger partial charge in [-0.3, -0.25) is 9.69 Å². The first-order valence-corrected chi connectivity index (χ1v) is 6.92. The second-order valence-corrected chi connectivity index (χ2v) is 4.96. The molecule has 1 fully saturated rings. The fourth-order valence-electron chi connectivity index (χ4n) is 1.98. The summed E-state index contributed by atoms with van der Waals surface area (Å²) >= 11 is 0. The van der Waals surface area contributed by atoms with Crippen molar-refractivity contribution in [2.75, 3.05) is 47.1 Å². The Morgan fingerprint density at radius 1 is 1.32 bits per heavy atom. The van der Waals surface area contributed by atoms with Crippen molar-refractivity contribution in [3.05, 3.63) is 0 Å². The zero-order chi connectivity index (χ0) is 14.1. The summed E-state index contributed by atoms with van der Waals surface area (Å²) in [4.78, 5) is 14.0. The van der Waals surface area contributed by atoms with Crippen molar-refractivity contribution >= 4 is 5.91 Å². The molecule has 0 radical (unpaired) electrons. The van der Waals surface area contributed by atoms with Crippen LogP contribution < -0.4 is 11.1 Å². The van der Waals surface area contributed by atoms with Crippen molar-refractivity contribution in [1.29, 1.82) is 0 Å². The minimum Gasteiger partial charge on any atom is -0.383 e. The molecule has 0 aromatic heterocycles. The van der Waals surface area contributed by atoms with E-state index in [1.165, 1.54) is 0 Å². The molecule has 1 saturated carbocycles. The van der Waals surface area contributed by atoms with Crippen LogP contribution in [0.4, 0.5) is 0 Å². The van der Waals surface area contributed by atoms with Gasteiger partial charge in [-0.05, 0) is 12.8 Å². The van der Waals surface area contributed by atoms with E-state index in [1.807, 2.05) is 0 Å². The summed E-state index contributed by atoms with van der Waals surface area (Å²) in [6.45, 7) is 3.25. The maximum atomic E-state index is 11.9. The largest absolute Gasteiger partial charge is 0.383 e. The predicted octanol–water partition coefficient (Wildman–Crippen LogP) is -0.423. The van der Waals surface area contributed by atoms with Gasteiger partial charge in [0, 0.05) is 52.4 Å². The first-order valence-electron chi connectivity index (χ1n) is 6.92. The third kappa shape index (κ3) is 6.87. The van der Waals surface area contributed by atoms with Crippen LogP contribution in [0.1, 0.15) is 19.3 Å². The van der Waals surface area contributed by atoms with Gasteiger partial charge in [0.1, 0.15) is 0 Å². The summed E-state index contributed by atoms with van der Waals surface area (Å²) in [5, 5.41) is 3.00. The van der Waals surface area contributed by atoms with Gasteiger partial charge in [-0.2, -0.15) is 0 Å². The molecule has 0 aromatic carbocycles. The summed E-state index contributed by atoms with van der Waals surface area (Å²) in [7, 11) is 3.34. The summed E-state index contributed by atoms with van der Waals surface area (Å²) in [6, 6.07) is 0.446. The van der Waals surface area contributed by atoms with Gasteiger partial charge in [0.15, 0.2) is 0 Å². The van der Waals surface area contributed by atoms with Gasteiger partial charge in [0.25, 0.3) is 0 Å². The van der Waals surface area contributed by atoms with E-state index in [-0.39, 0.29) is 11.9 Å². The number of carbonyl (C=O) groups is 1. The molecular weight excluding hydrogens is 246 g/mol. The molecule has 0 aromatic rings. The van der Waals surface area contributed by atoms with E-state index >= 15 is 0 Å². The van der Waals surface area contributed by atoms with Gasteiger partial charge in [-0.25, -0.2) is 0 Å². The topological polar surface area (TPSA) is 76.8 Å². The number of hydrogen-bond donors (Lipinski definition) is 2. The van der Waals surface area contributed by atoms with Crippen molar-refractivity contribution in [2.45, 2.75) is 31.3 Å². The Kier molecular flexibility index (Phi) is 7.97. The summed E-state index contributed by atoms with van der Waals surface area (Å²) < 4.78 is 10.2. The number of nitrogens with zero attached hydrogens (tertiary/aromatic N) is 1. The van der Waals surface area contributed by atoms with Crippen LogP contribution in [0.5, 0.6) is 0 Å². The zero-order valence-electron chi connectivity index (χ0n) is 12.1. The fourth-order valence-corrected chi connectivity index (χ4v) is 1.98. The lowest BCUT2D eigenvalue weighted by molar-refractivity contribution is -0.122. The molecule has 1 aliphatic carbocycles. The van der Waals surface area contributed by atoms with Crippen LogP contribution in [0, 0.1) is 0 Å². The average Bonchev–Trinajstić information content (AvgIpc) is 3.20. The molecule has 1 aliphatic rings. The Labute approximate surface area is 115 Å². The van der Waals surface area contributed by atoms with Crippen molar-refractivity contribution in [3.63, 3.8) is 0 Å². The van der Waals surface area contributed by atoms with Gasteiger partial charge >= 0.3 is 0 Å². The smallest absolute Gasteiger partial charge is 0.221 e. The molecule has 0 heterocycles. The third-order valence-electron chi connectivity index (χ3n) is 3.32. The molecule has 0 aliphatic heterocycles. The molecule has 6 heteroatoms. The molecule has 0 bridgehead atoms. The molecule has 1 rings (SSSR count). The lowest BCUT2D eigenvalue weighted by Gasteiger charge is -2.30. The first-order chi connectivity index (χ1) is 9.21. The molecule has 1 amide bonds.